The molecule has 2 aromatic carbocycles. The van der Waals surface area contributed by atoms with Crippen LogP contribution in [0.2, 0.25) is 18.1 Å². The molecule has 128 valence electrons. The van der Waals surface area contributed by atoms with Gasteiger partial charge in [-0.1, -0.05) is 80.9 Å². The summed E-state index contributed by atoms with van der Waals surface area (Å²) in [6.07, 6.45) is 2.60. The van der Waals surface area contributed by atoms with Crippen molar-refractivity contribution in [3.8, 4) is 0 Å². The SMILES string of the molecule is CC(C[Si]1(CC(C)c2ccccc2)CCCCO1)c1ccccc1. The van der Waals surface area contributed by atoms with E-state index in [4.69, 9.17) is 4.43 Å². The van der Waals surface area contributed by atoms with E-state index >= 15 is 0 Å². The molecular weight excluding hydrogens is 308 g/mol. The Labute approximate surface area is 148 Å². The number of rotatable bonds is 6. The lowest BCUT2D eigenvalue weighted by atomic mass is 10.0. The molecule has 1 nitrogen and oxygen atoms in total. The van der Waals surface area contributed by atoms with Gasteiger partial charge in [0.05, 0.1) is 0 Å². The largest absolute Gasteiger partial charge is 0.417 e. The topological polar surface area (TPSA) is 9.23 Å². The normalized spacial score (nSPS) is 23.6. The summed E-state index contributed by atoms with van der Waals surface area (Å²) in [4.78, 5) is 0. The molecule has 2 unspecified atom stereocenters. The number of benzene rings is 2. The highest BCUT2D eigenvalue weighted by molar-refractivity contribution is 6.74. The summed E-state index contributed by atoms with van der Waals surface area (Å²) in [7, 11) is -1.67. The Hall–Kier alpha value is -1.38. The van der Waals surface area contributed by atoms with E-state index in [-0.39, 0.29) is 0 Å². The molecule has 0 N–H and O–H groups in total. The van der Waals surface area contributed by atoms with Gasteiger partial charge in [0.25, 0.3) is 0 Å². The van der Waals surface area contributed by atoms with Crippen molar-refractivity contribution in [1.82, 2.24) is 0 Å². The quantitative estimate of drug-likeness (QED) is 0.558. The van der Waals surface area contributed by atoms with Gasteiger partial charge in [-0.3, -0.25) is 0 Å². The molecule has 1 saturated heterocycles. The third kappa shape index (κ3) is 4.37. The first-order valence-corrected chi connectivity index (χ1v) is 12.0. The predicted octanol–water partition coefficient (Wildman–Crippen LogP) is 6.35. The molecule has 2 atom stereocenters. The Balaban J connectivity index is 1.75. The van der Waals surface area contributed by atoms with Crippen molar-refractivity contribution in [2.24, 2.45) is 0 Å². The molecule has 0 spiro atoms. The fourth-order valence-electron chi connectivity index (χ4n) is 4.23. The monoisotopic (exact) mass is 338 g/mol. The molecule has 1 fully saturated rings. The molecule has 24 heavy (non-hydrogen) atoms. The molecule has 0 bridgehead atoms. The molecule has 1 aliphatic heterocycles. The second-order valence-electron chi connectivity index (χ2n) is 7.52. The van der Waals surface area contributed by atoms with Crippen molar-refractivity contribution in [1.29, 1.82) is 0 Å². The highest BCUT2D eigenvalue weighted by Gasteiger charge is 2.39. The van der Waals surface area contributed by atoms with E-state index in [1.54, 1.807) is 0 Å². The van der Waals surface area contributed by atoms with Crippen LogP contribution in [0.1, 0.15) is 49.7 Å². The Morgan fingerprint density at radius 2 is 1.29 bits per heavy atom. The van der Waals surface area contributed by atoms with Crippen LogP contribution in [0.4, 0.5) is 0 Å². The minimum absolute atomic E-state index is 0.596. The second kappa shape index (κ2) is 8.13. The van der Waals surface area contributed by atoms with Gasteiger partial charge in [0.1, 0.15) is 0 Å². The van der Waals surface area contributed by atoms with Crippen LogP contribution >= 0.6 is 0 Å². The van der Waals surface area contributed by atoms with E-state index in [1.807, 2.05) is 0 Å². The van der Waals surface area contributed by atoms with Crippen LogP contribution in [0.5, 0.6) is 0 Å². The molecular formula is C22H30OSi. The average molecular weight is 339 g/mol. The minimum Gasteiger partial charge on any atom is -0.417 e. The van der Waals surface area contributed by atoms with Gasteiger partial charge in [0.15, 0.2) is 8.32 Å². The van der Waals surface area contributed by atoms with E-state index in [1.165, 1.54) is 42.1 Å². The van der Waals surface area contributed by atoms with Gasteiger partial charge in [-0.25, -0.2) is 0 Å². The summed E-state index contributed by atoms with van der Waals surface area (Å²) >= 11 is 0. The van der Waals surface area contributed by atoms with Crippen LogP contribution in [0, 0.1) is 0 Å². The Kier molecular flexibility index (Phi) is 5.91. The summed E-state index contributed by atoms with van der Waals surface area (Å²) in [5.41, 5.74) is 2.93. The Morgan fingerprint density at radius 3 is 1.71 bits per heavy atom. The van der Waals surface area contributed by atoms with Crippen LogP contribution in [-0.2, 0) is 4.43 Å². The number of hydrogen-bond acceptors (Lipinski definition) is 1. The maximum atomic E-state index is 6.59. The highest BCUT2D eigenvalue weighted by Crippen LogP contribution is 2.40. The summed E-state index contributed by atoms with van der Waals surface area (Å²) in [6, 6.07) is 25.8. The molecule has 0 aromatic heterocycles. The van der Waals surface area contributed by atoms with Crippen LogP contribution in [0.3, 0.4) is 0 Å². The van der Waals surface area contributed by atoms with E-state index in [2.05, 4.69) is 74.5 Å². The Bertz CT molecular complexity index is 555. The van der Waals surface area contributed by atoms with E-state index in [9.17, 15) is 0 Å². The first kappa shape index (κ1) is 17.4. The van der Waals surface area contributed by atoms with Crippen molar-refractivity contribution < 1.29 is 4.43 Å². The summed E-state index contributed by atoms with van der Waals surface area (Å²) in [5, 5.41) is 0. The summed E-state index contributed by atoms with van der Waals surface area (Å²) in [6.45, 7) is 5.75. The van der Waals surface area contributed by atoms with Gasteiger partial charge < -0.3 is 4.43 Å². The van der Waals surface area contributed by atoms with Gasteiger partial charge in [0, 0.05) is 6.61 Å². The molecule has 1 aliphatic rings. The molecule has 2 heteroatoms. The zero-order valence-corrected chi connectivity index (χ0v) is 16.1. The lowest BCUT2D eigenvalue weighted by Crippen LogP contribution is -2.43. The van der Waals surface area contributed by atoms with Crippen molar-refractivity contribution in [2.75, 3.05) is 6.61 Å². The molecule has 0 saturated carbocycles. The molecule has 2 aromatic rings. The molecule has 1 heterocycles. The lowest BCUT2D eigenvalue weighted by molar-refractivity contribution is 0.261. The van der Waals surface area contributed by atoms with Crippen molar-refractivity contribution in [3.05, 3.63) is 71.8 Å². The third-order valence-electron chi connectivity index (χ3n) is 5.53. The third-order valence-corrected chi connectivity index (χ3v) is 10.3. The molecule has 0 aliphatic carbocycles. The van der Waals surface area contributed by atoms with Crippen LogP contribution in [0.25, 0.3) is 0 Å². The maximum Gasteiger partial charge on any atom is 0.193 e. The van der Waals surface area contributed by atoms with Crippen molar-refractivity contribution in [3.63, 3.8) is 0 Å². The minimum atomic E-state index is -1.67. The van der Waals surface area contributed by atoms with Gasteiger partial charge in [-0.15, -0.1) is 0 Å². The van der Waals surface area contributed by atoms with Crippen molar-refractivity contribution >= 4 is 8.32 Å². The van der Waals surface area contributed by atoms with E-state index in [0.717, 1.165) is 6.61 Å². The number of hydrogen-bond donors (Lipinski definition) is 0. The zero-order chi connectivity index (χ0) is 16.8. The van der Waals surface area contributed by atoms with Crippen LogP contribution in [0.15, 0.2) is 60.7 Å². The second-order valence-corrected chi connectivity index (χ2v) is 11.5. The van der Waals surface area contributed by atoms with Crippen LogP contribution < -0.4 is 0 Å². The lowest BCUT2D eigenvalue weighted by Gasteiger charge is -2.39. The first-order valence-electron chi connectivity index (χ1n) is 9.42. The van der Waals surface area contributed by atoms with Gasteiger partial charge >= 0.3 is 0 Å². The molecule has 0 amide bonds. The average Bonchev–Trinajstić information content (AvgIpc) is 2.64. The fraction of sp³-hybridized carbons (Fsp3) is 0.455. The van der Waals surface area contributed by atoms with Crippen LogP contribution in [-0.4, -0.2) is 14.9 Å². The van der Waals surface area contributed by atoms with Crippen molar-refractivity contribution in [2.45, 2.75) is 56.7 Å². The Morgan fingerprint density at radius 1 is 0.792 bits per heavy atom. The smallest absolute Gasteiger partial charge is 0.193 e. The van der Waals surface area contributed by atoms with Gasteiger partial charge in [0.2, 0.25) is 0 Å². The van der Waals surface area contributed by atoms with Gasteiger partial charge in [-0.05, 0) is 47.5 Å². The first-order chi connectivity index (χ1) is 11.7. The molecule has 3 rings (SSSR count). The summed E-state index contributed by atoms with van der Waals surface area (Å²) in [5.74, 6) is 1.19. The fourth-order valence-corrected chi connectivity index (χ4v) is 9.36. The van der Waals surface area contributed by atoms with E-state index < -0.39 is 8.32 Å². The predicted molar refractivity (Wildman–Crippen MR) is 105 cm³/mol. The molecule has 0 radical (unpaired) electrons. The maximum absolute atomic E-state index is 6.59. The van der Waals surface area contributed by atoms with E-state index in [0.29, 0.717) is 11.8 Å². The van der Waals surface area contributed by atoms with Gasteiger partial charge in [-0.2, -0.15) is 0 Å². The zero-order valence-electron chi connectivity index (χ0n) is 15.1. The summed E-state index contributed by atoms with van der Waals surface area (Å²) < 4.78 is 6.59. The standard InChI is InChI=1S/C22H30OSi/c1-19(21-11-5-3-6-12-21)17-24(16-10-9-15-23-24)18-20(2)22-13-7-4-8-14-22/h3-8,11-14,19-20H,9-10,15-18H2,1-2H3. The highest BCUT2D eigenvalue weighted by atomic mass is 28.4.